The van der Waals surface area contributed by atoms with Gasteiger partial charge >= 0.3 is 5.69 Å². The molecule has 17 heavy (non-hydrogen) atoms. The number of para-hydroxylation sites is 1. The highest BCUT2D eigenvalue weighted by molar-refractivity contribution is 5.73. The summed E-state index contributed by atoms with van der Waals surface area (Å²) in [7, 11) is 0. The van der Waals surface area contributed by atoms with E-state index in [1.54, 1.807) is 0 Å². The third-order valence-electron chi connectivity index (χ3n) is 1.97. The third-order valence-corrected chi connectivity index (χ3v) is 1.97. The lowest BCUT2D eigenvalue weighted by Crippen LogP contribution is -2.19. The molecule has 0 radical (unpaired) electrons. The summed E-state index contributed by atoms with van der Waals surface area (Å²) in [5.41, 5.74) is -0.396. The second-order valence-electron chi connectivity index (χ2n) is 3.27. The lowest BCUT2D eigenvalue weighted by atomic mass is 10.1. The van der Waals surface area contributed by atoms with Crippen molar-refractivity contribution >= 4 is 17.7 Å². The van der Waals surface area contributed by atoms with Gasteiger partial charge in [0.2, 0.25) is 11.7 Å². The highest BCUT2D eigenvalue weighted by Crippen LogP contribution is 2.23. The first-order valence-corrected chi connectivity index (χ1v) is 4.86. The number of nitro benzene ring substituents is 1. The molecule has 0 aromatic heterocycles. The quantitative estimate of drug-likeness (QED) is 0.643. The maximum atomic E-state index is 13.2. The van der Waals surface area contributed by atoms with E-state index in [2.05, 4.69) is 5.32 Å². The maximum Gasteiger partial charge on any atom is 0.311 e. The largest absolute Gasteiger partial charge is 0.353 e. The molecule has 6 heteroatoms. The summed E-state index contributed by atoms with van der Waals surface area (Å²) >= 11 is 0. The van der Waals surface area contributed by atoms with Gasteiger partial charge in [-0.05, 0) is 12.1 Å². The molecule has 0 saturated carbocycles. The van der Waals surface area contributed by atoms with E-state index in [0.29, 0.717) is 0 Å². The zero-order valence-electron chi connectivity index (χ0n) is 9.14. The van der Waals surface area contributed by atoms with Crippen molar-refractivity contribution in [1.29, 1.82) is 0 Å². The van der Waals surface area contributed by atoms with Gasteiger partial charge in [-0.3, -0.25) is 14.9 Å². The number of hydrogen-bond acceptors (Lipinski definition) is 3. The normalized spacial score (nSPS) is 10.5. The average molecular weight is 238 g/mol. The van der Waals surface area contributed by atoms with Crippen molar-refractivity contribution in [3.05, 3.63) is 45.8 Å². The number of nitrogens with zero attached hydrogens (tertiary/aromatic N) is 1. The number of nitro groups is 1. The van der Waals surface area contributed by atoms with Crippen LogP contribution >= 0.6 is 0 Å². The number of carbonyl (C=O) groups is 1. The molecular weight excluding hydrogens is 227 g/mol. The van der Waals surface area contributed by atoms with Crippen molar-refractivity contribution in [3.8, 4) is 0 Å². The molecule has 0 spiro atoms. The van der Waals surface area contributed by atoms with Crippen molar-refractivity contribution in [1.82, 2.24) is 5.32 Å². The molecule has 0 aliphatic rings. The smallest absolute Gasteiger partial charge is 0.311 e. The summed E-state index contributed by atoms with van der Waals surface area (Å²) in [6.07, 6.45) is 2.92. The van der Waals surface area contributed by atoms with Gasteiger partial charge in [0.05, 0.1) is 10.5 Å². The van der Waals surface area contributed by atoms with Gasteiger partial charge in [-0.25, -0.2) is 0 Å². The molecule has 5 nitrogen and oxygen atoms in total. The van der Waals surface area contributed by atoms with Gasteiger partial charge in [-0.1, -0.05) is 18.2 Å². The number of carbonyl (C=O) groups excluding carboxylic acids is 1. The van der Waals surface area contributed by atoms with Crippen molar-refractivity contribution in [2.24, 2.45) is 0 Å². The number of nitrogens with one attached hydrogen (secondary N) is 1. The van der Waals surface area contributed by atoms with E-state index >= 15 is 0 Å². The Morgan fingerprint density at radius 2 is 2.29 bits per heavy atom. The Hall–Kier alpha value is -2.24. The van der Waals surface area contributed by atoms with Gasteiger partial charge in [-0.2, -0.15) is 4.39 Å². The molecule has 90 valence electrons. The van der Waals surface area contributed by atoms with E-state index in [9.17, 15) is 19.3 Å². The molecule has 0 unspecified atom stereocenters. The van der Waals surface area contributed by atoms with Crippen LogP contribution in [0.4, 0.5) is 10.1 Å². The molecule has 1 N–H and O–H groups in total. The van der Waals surface area contributed by atoms with E-state index < -0.39 is 16.4 Å². The number of benzene rings is 1. The fraction of sp³-hybridized carbons (Fsp3) is 0.182. The fourth-order valence-electron chi connectivity index (χ4n) is 1.25. The van der Waals surface area contributed by atoms with Gasteiger partial charge in [0.15, 0.2) is 0 Å². The van der Waals surface area contributed by atoms with Crippen LogP contribution in [0.3, 0.4) is 0 Å². The van der Waals surface area contributed by atoms with E-state index in [4.69, 9.17) is 0 Å². The molecule has 0 saturated heterocycles. The average Bonchev–Trinajstić information content (AvgIpc) is 2.23. The molecule has 0 atom stereocenters. The highest BCUT2D eigenvalue weighted by atomic mass is 19.1. The molecule has 1 aromatic rings. The third kappa shape index (κ3) is 3.67. The van der Waals surface area contributed by atoms with Crippen molar-refractivity contribution in [3.63, 3.8) is 0 Å². The Morgan fingerprint density at radius 1 is 1.59 bits per heavy atom. The Bertz CT molecular complexity index is 472. The predicted molar refractivity (Wildman–Crippen MR) is 60.8 cm³/mol. The second kappa shape index (κ2) is 5.74. The zero-order chi connectivity index (χ0) is 12.8. The SMILES string of the molecule is CC(=O)NCC=Cc1cccc(F)c1[N+](=O)[O-]. The first-order valence-electron chi connectivity index (χ1n) is 4.86. The van der Waals surface area contributed by atoms with Crippen molar-refractivity contribution in [2.75, 3.05) is 6.54 Å². The van der Waals surface area contributed by atoms with Crippen LogP contribution in [-0.2, 0) is 4.79 Å². The molecule has 1 amide bonds. The van der Waals surface area contributed by atoms with Crippen LogP contribution in [-0.4, -0.2) is 17.4 Å². The molecule has 0 bridgehead atoms. The molecule has 1 aromatic carbocycles. The second-order valence-corrected chi connectivity index (χ2v) is 3.27. The minimum Gasteiger partial charge on any atom is -0.353 e. The van der Waals surface area contributed by atoms with Crippen LogP contribution in [0.1, 0.15) is 12.5 Å². The van der Waals surface area contributed by atoms with Crippen LogP contribution < -0.4 is 5.32 Å². The van der Waals surface area contributed by atoms with Gasteiger partial charge in [-0.15, -0.1) is 0 Å². The minimum atomic E-state index is -0.878. The number of hydrogen-bond donors (Lipinski definition) is 1. The first-order chi connectivity index (χ1) is 8.02. The van der Waals surface area contributed by atoms with E-state index in [1.165, 1.54) is 31.2 Å². The summed E-state index contributed by atoms with van der Waals surface area (Å²) < 4.78 is 13.2. The van der Waals surface area contributed by atoms with Gasteiger partial charge < -0.3 is 5.32 Å². The summed E-state index contributed by atoms with van der Waals surface area (Å²) in [6.45, 7) is 1.60. The van der Waals surface area contributed by atoms with E-state index in [0.717, 1.165) is 6.07 Å². The summed E-state index contributed by atoms with van der Waals surface area (Å²) in [5.74, 6) is -1.08. The minimum absolute atomic E-state index is 0.167. The maximum absolute atomic E-state index is 13.2. The van der Waals surface area contributed by atoms with Crippen molar-refractivity contribution < 1.29 is 14.1 Å². The monoisotopic (exact) mass is 238 g/mol. The van der Waals surface area contributed by atoms with Crippen LogP contribution in [0.25, 0.3) is 6.08 Å². The summed E-state index contributed by atoms with van der Waals surface area (Å²) in [6, 6.07) is 3.86. The summed E-state index contributed by atoms with van der Waals surface area (Å²) in [5, 5.41) is 13.1. The molecule has 0 heterocycles. The van der Waals surface area contributed by atoms with E-state index in [-0.39, 0.29) is 18.0 Å². The number of amides is 1. The fourth-order valence-corrected chi connectivity index (χ4v) is 1.25. The topological polar surface area (TPSA) is 72.2 Å². The Balaban J connectivity index is 2.87. The summed E-state index contributed by atoms with van der Waals surface area (Å²) in [4.78, 5) is 20.4. The van der Waals surface area contributed by atoms with Gasteiger partial charge in [0.1, 0.15) is 0 Å². The standard InChI is InChI=1S/C11H11FN2O3/c1-8(15)13-7-3-5-9-4-2-6-10(12)11(9)14(16)17/h2-6H,7H2,1H3,(H,13,15). The van der Waals surface area contributed by atoms with E-state index in [1.807, 2.05) is 0 Å². The zero-order valence-corrected chi connectivity index (χ0v) is 9.14. The van der Waals surface area contributed by atoms with Crippen LogP contribution in [0.15, 0.2) is 24.3 Å². The first kappa shape index (κ1) is 12.8. The Kier molecular flexibility index (Phi) is 4.33. The van der Waals surface area contributed by atoms with Crippen molar-refractivity contribution in [2.45, 2.75) is 6.92 Å². The van der Waals surface area contributed by atoms with Crippen LogP contribution in [0, 0.1) is 15.9 Å². The Labute approximate surface area is 97.1 Å². The molecule has 1 rings (SSSR count). The highest BCUT2D eigenvalue weighted by Gasteiger charge is 2.17. The van der Waals surface area contributed by atoms with Gasteiger partial charge in [0, 0.05) is 13.5 Å². The van der Waals surface area contributed by atoms with Crippen LogP contribution in [0.2, 0.25) is 0 Å². The Morgan fingerprint density at radius 3 is 2.88 bits per heavy atom. The molecule has 0 fully saturated rings. The van der Waals surface area contributed by atoms with Crippen LogP contribution in [0.5, 0.6) is 0 Å². The molecular formula is C11H11FN2O3. The molecule has 0 aliphatic heterocycles. The number of rotatable bonds is 4. The van der Waals surface area contributed by atoms with Gasteiger partial charge in [0.25, 0.3) is 0 Å². The predicted octanol–water partition coefficient (Wildman–Crippen LogP) is 1.88. The molecule has 0 aliphatic carbocycles. The lowest BCUT2D eigenvalue weighted by molar-refractivity contribution is -0.387. The number of halogens is 1. The lowest BCUT2D eigenvalue weighted by Gasteiger charge is -1.99.